The SMILES string of the molecule is C=CC1CCC(OC)O1.O=C(O)c1ccc(-c2ccccc2)cc1. The van der Waals surface area contributed by atoms with Gasteiger partial charge in [-0.15, -0.1) is 6.58 Å². The minimum absolute atomic E-state index is 0.00741. The lowest BCUT2D eigenvalue weighted by Crippen LogP contribution is -2.09. The van der Waals surface area contributed by atoms with Gasteiger partial charge in [-0.1, -0.05) is 48.5 Å². The van der Waals surface area contributed by atoms with Crippen molar-refractivity contribution in [3.63, 3.8) is 0 Å². The van der Waals surface area contributed by atoms with Crippen molar-refractivity contribution < 1.29 is 19.4 Å². The van der Waals surface area contributed by atoms with Crippen LogP contribution in [0.2, 0.25) is 0 Å². The fourth-order valence-corrected chi connectivity index (χ4v) is 2.41. The molecular weight excluding hydrogens is 304 g/mol. The van der Waals surface area contributed by atoms with Gasteiger partial charge in [-0.05, 0) is 29.7 Å². The number of ether oxygens (including phenoxy) is 2. The van der Waals surface area contributed by atoms with E-state index in [1.54, 1.807) is 19.2 Å². The highest BCUT2D eigenvalue weighted by molar-refractivity contribution is 5.88. The maximum absolute atomic E-state index is 10.6. The van der Waals surface area contributed by atoms with Crippen molar-refractivity contribution in [3.05, 3.63) is 72.8 Å². The van der Waals surface area contributed by atoms with E-state index in [1.165, 1.54) is 0 Å². The van der Waals surface area contributed by atoms with Gasteiger partial charge < -0.3 is 14.6 Å². The zero-order chi connectivity index (χ0) is 17.4. The molecule has 126 valence electrons. The van der Waals surface area contributed by atoms with Crippen LogP contribution in [0.15, 0.2) is 67.3 Å². The van der Waals surface area contributed by atoms with Crippen LogP contribution in [0.4, 0.5) is 0 Å². The Hall–Kier alpha value is -2.43. The lowest BCUT2D eigenvalue weighted by atomic mass is 10.0. The molecule has 1 fully saturated rings. The lowest BCUT2D eigenvalue weighted by molar-refractivity contribution is -0.104. The lowest BCUT2D eigenvalue weighted by Gasteiger charge is -2.07. The molecule has 2 aromatic carbocycles. The van der Waals surface area contributed by atoms with E-state index in [9.17, 15) is 4.79 Å². The first-order chi connectivity index (χ1) is 11.6. The van der Waals surface area contributed by atoms with Crippen molar-refractivity contribution in [2.45, 2.75) is 25.2 Å². The zero-order valence-corrected chi connectivity index (χ0v) is 13.7. The average Bonchev–Trinajstić information content (AvgIpc) is 3.11. The molecular formula is C20H22O4. The number of hydrogen-bond acceptors (Lipinski definition) is 3. The van der Waals surface area contributed by atoms with Crippen LogP contribution in [0, 0.1) is 0 Å². The molecule has 0 aromatic heterocycles. The molecule has 0 spiro atoms. The summed E-state index contributed by atoms with van der Waals surface area (Å²) in [5.41, 5.74) is 2.43. The van der Waals surface area contributed by atoms with E-state index < -0.39 is 5.97 Å². The van der Waals surface area contributed by atoms with Crippen molar-refractivity contribution in [1.29, 1.82) is 0 Å². The standard InChI is InChI=1S/C13H10O2.C7H12O2/c14-13(15)12-8-6-11(7-9-12)10-4-2-1-3-5-10;1-3-6-4-5-7(8-2)9-6/h1-9H,(H,14,15);3,6-7H,1,4-5H2,2H3. The average molecular weight is 326 g/mol. The van der Waals surface area contributed by atoms with E-state index >= 15 is 0 Å². The van der Waals surface area contributed by atoms with Gasteiger partial charge in [0.05, 0.1) is 11.7 Å². The third-order valence-corrected chi connectivity index (χ3v) is 3.78. The maximum Gasteiger partial charge on any atom is 0.335 e. The van der Waals surface area contributed by atoms with Gasteiger partial charge >= 0.3 is 5.97 Å². The van der Waals surface area contributed by atoms with Gasteiger partial charge in [-0.2, -0.15) is 0 Å². The molecule has 24 heavy (non-hydrogen) atoms. The minimum atomic E-state index is -0.894. The smallest absolute Gasteiger partial charge is 0.335 e. The first kappa shape index (κ1) is 17.9. The maximum atomic E-state index is 10.6. The van der Waals surface area contributed by atoms with Crippen molar-refractivity contribution >= 4 is 5.97 Å². The Balaban J connectivity index is 0.000000198. The van der Waals surface area contributed by atoms with Crippen LogP contribution in [0.3, 0.4) is 0 Å². The molecule has 4 nitrogen and oxygen atoms in total. The molecule has 1 heterocycles. The Morgan fingerprint density at radius 1 is 1.12 bits per heavy atom. The van der Waals surface area contributed by atoms with Gasteiger partial charge in [-0.3, -0.25) is 0 Å². The summed E-state index contributed by atoms with van der Waals surface area (Å²) < 4.78 is 10.3. The summed E-state index contributed by atoms with van der Waals surface area (Å²) in [5.74, 6) is -0.894. The Morgan fingerprint density at radius 3 is 2.21 bits per heavy atom. The fraction of sp³-hybridized carbons (Fsp3) is 0.250. The summed E-state index contributed by atoms with van der Waals surface area (Å²) in [6.45, 7) is 3.63. The number of carbonyl (C=O) groups is 1. The largest absolute Gasteiger partial charge is 0.478 e. The molecule has 1 N–H and O–H groups in total. The summed E-state index contributed by atoms with van der Waals surface area (Å²) in [7, 11) is 1.66. The third kappa shape index (κ3) is 5.05. The van der Waals surface area contributed by atoms with Crippen molar-refractivity contribution in [2.75, 3.05) is 7.11 Å². The Bertz CT molecular complexity index is 649. The van der Waals surface area contributed by atoms with E-state index in [1.807, 2.05) is 48.5 Å². The molecule has 0 aliphatic carbocycles. The topological polar surface area (TPSA) is 55.8 Å². The third-order valence-electron chi connectivity index (χ3n) is 3.78. The highest BCUT2D eigenvalue weighted by Gasteiger charge is 2.21. The number of benzene rings is 2. The summed E-state index contributed by atoms with van der Waals surface area (Å²) >= 11 is 0. The summed E-state index contributed by atoms with van der Waals surface area (Å²) in [6, 6.07) is 16.7. The molecule has 2 unspecified atom stereocenters. The Labute approximate surface area is 142 Å². The molecule has 2 aromatic rings. The molecule has 1 saturated heterocycles. The molecule has 1 aliphatic rings. The molecule has 0 bridgehead atoms. The van der Waals surface area contributed by atoms with Crippen LogP contribution in [0.25, 0.3) is 11.1 Å². The van der Waals surface area contributed by atoms with Gasteiger partial charge in [0.1, 0.15) is 0 Å². The van der Waals surface area contributed by atoms with Gasteiger partial charge in [0.25, 0.3) is 0 Å². The number of aromatic carboxylic acids is 1. The molecule has 3 rings (SSSR count). The number of carboxylic acid groups (broad SMARTS) is 1. The highest BCUT2D eigenvalue weighted by Crippen LogP contribution is 2.20. The summed E-state index contributed by atoms with van der Waals surface area (Å²) in [6.07, 6.45) is 4.08. The number of carboxylic acids is 1. The van der Waals surface area contributed by atoms with Gasteiger partial charge in [0, 0.05) is 13.5 Å². The first-order valence-electron chi connectivity index (χ1n) is 7.83. The van der Waals surface area contributed by atoms with Gasteiger partial charge in [-0.25, -0.2) is 4.79 Å². The molecule has 1 aliphatic heterocycles. The van der Waals surface area contributed by atoms with E-state index in [2.05, 4.69) is 6.58 Å². The number of hydrogen-bond donors (Lipinski definition) is 1. The van der Waals surface area contributed by atoms with Gasteiger partial charge in [0.15, 0.2) is 6.29 Å². The highest BCUT2D eigenvalue weighted by atomic mass is 16.7. The van der Waals surface area contributed by atoms with Crippen molar-refractivity contribution in [3.8, 4) is 11.1 Å². The molecule has 0 saturated carbocycles. The quantitative estimate of drug-likeness (QED) is 0.847. The van der Waals surface area contributed by atoms with Crippen LogP contribution in [-0.4, -0.2) is 30.6 Å². The normalized spacial score (nSPS) is 19.2. The summed E-state index contributed by atoms with van der Waals surface area (Å²) in [4.78, 5) is 10.6. The van der Waals surface area contributed by atoms with Crippen LogP contribution >= 0.6 is 0 Å². The fourth-order valence-electron chi connectivity index (χ4n) is 2.41. The number of methoxy groups -OCH3 is 1. The van der Waals surface area contributed by atoms with Crippen molar-refractivity contribution in [2.24, 2.45) is 0 Å². The van der Waals surface area contributed by atoms with Crippen molar-refractivity contribution in [1.82, 2.24) is 0 Å². The second-order valence-electron chi connectivity index (χ2n) is 5.40. The predicted octanol–water partition coefficient (Wildman–Crippen LogP) is 4.38. The van der Waals surface area contributed by atoms with Crippen LogP contribution < -0.4 is 0 Å². The van der Waals surface area contributed by atoms with Crippen LogP contribution in [0.1, 0.15) is 23.2 Å². The molecule has 0 amide bonds. The van der Waals surface area contributed by atoms with Crippen LogP contribution in [-0.2, 0) is 9.47 Å². The van der Waals surface area contributed by atoms with E-state index in [4.69, 9.17) is 14.6 Å². The zero-order valence-electron chi connectivity index (χ0n) is 13.7. The minimum Gasteiger partial charge on any atom is -0.478 e. The van der Waals surface area contributed by atoms with E-state index in [0.717, 1.165) is 24.0 Å². The van der Waals surface area contributed by atoms with E-state index in [0.29, 0.717) is 5.56 Å². The monoisotopic (exact) mass is 326 g/mol. The Morgan fingerprint density at radius 2 is 1.75 bits per heavy atom. The Kier molecular flexibility index (Phi) is 6.73. The molecule has 0 radical (unpaired) electrons. The second kappa shape index (κ2) is 9.01. The summed E-state index contributed by atoms with van der Waals surface area (Å²) in [5, 5.41) is 8.75. The van der Waals surface area contributed by atoms with Crippen LogP contribution in [0.5, 0.6) is 0 Å². The molecule has 4 heteroatoms. The van der Waals surface area contributed by atoms with E-state index in [-0.39, 0.29) is 12.4 Å². The number of rotatable bonds is 4. The van der Waals surface area contributed by atoms with Gasteiger partial charge in [0.2, 0.25) is 0 Å². The first-order valence-corrected chi connectivity index (χ1v) is 7.83. The molecule has 2 atom stereocenters. The predicted molar refractivity (Wildman–Crippen MR) is 93.9 cm³/mol. The second-order valence-corrected chi connectivity index (χ2v) is 5.40.